The van der Waals surface area contributed by atoms with Gasteiger partial charge in [0.25, 0.3) is 0 Å². The largest absolute Gasteiger partial charge is 0.337 e. The maximum absolute atomic E-state index is 12.1. The topological polar surface area (TPSA) is 78.5 Å². The number of rotatable bonds is 5. The molecule has 130 valence electrons. The van der Waals surface area contributed by atoms with Gasteiger partial charge in [-0.25, -0.2) is 13.1 Å². The van der Waals surface area contributed by atoms with E-state index in [1.165, 1.54) is 12.1 Å². The minimum atomic E-state index is -3.64. The molecule has 2 N–H and O–H groups in total. The van der Waals surface area contributed by atoms with Crippen LogP contribution in [0.3, 0.4) is 0 Å². The van der Waals surface area contributed by atoms with Crippen LogP contribution in [0, 0.1) is 0 Å². The molecule has 23 heavy (non-hydrogen) atoms. The Morgan fingerprint density at radius 2 is 2.22 bits per heavy atom. The second-order valence-corrected chi connectivity index (χ2v) is 7.45. The maximum Gasteiger partial charge on any atom is 0.240 e. The molecule has 1 fully saturated rings. The van der Waals surface area contributed by atoms with Crippen LogP contribution in [0.15, 0.2) is 29.2 Å². The SMILES string of the molecule is C[C@H]1CNCCN1C(=O)CCNS(=O)(=O)c1cccc(Cl)c1.Cl. The van der Waals surface area contributed by atoms with Gasteiger partial charge in [0.2, 0.25) is 15.9 Å². The number of halogens is 2. The predicted octanol–water partition coefficient (Wildman–Crippen LogP) is 1.25. The van der Waals surface area contributed by atoms with Crippen LogP contribution in [0.1, 0.15) is 13.3 Å². The normalized spacial score (nSPS) is 18.3. The highest BCUT2D eigenvalue weighted by Crippen LogP contribution is 2.15. The Labute approximate surface area is 148 Å². The first kappa shape index (κ1) is 20.2. The third kappa shape index (κ3) is 5.61. The van der Waals surface area contributed by atoms with E-state index < -0.39 is 10.0 Å². The fourth-order valence-corrected chi connectivity index (χ4v) is 3.70. The third-order valence-corrected chi connectivity index (χ3v) is 5.25. The van der Waals surface area contributed by atoms with Gasteiger partial charge in [-0.05, 0) is 25.1 Å². The predicted molar refractivity (Wildman–Crippen MR) is 92.6 cm³/mol. The van der Waals surface area contributed by atoms with Gasteiger partial charge >= 0.3 is 0 Å². The van der Waals surface area contributed by atoms with Gasteiger partial charge in [-0.15, -0.1) is 12.4 Å². The smallest absolute Gasteiger partial charge is 0.240 e. The summed E-state index contributed by atoms with van der Waals surface area (Å²) in [6.07, 6.45) is 0.143. The fraction of sp³-hybridized carbons (Fsp3) is 0.500. The van der Waals surface area contributed by atoms with Gasteiger partial charge in [0, 0.05) is 43.7 Å². The average Bonchev–Trinajstić information content (AvgIpc) is 2.47. The van der Waals surface area contributed by atoms with Crippen molar-refractivity contribution in [3.8, 4) is 0 Å². The molecule has 1 atom stereocenters. The van der Waals surface area contributed by atoms with E-state index in [9.17, 15) is 13.2 Å². The first-order valence-electron chi connectivity index (χ1n) is 7.15. The molecule has 1 aliphatic rings. The second-order valence-electron chi connectivity index (χ2n) is 5.25. The highest BCUT2D eigenvalue weighted by molar-refractivity contribution is 7.89. The van der Waals surface area contributed by atoms with Gasteiger partial charge < -0.3 is 10.2 Å². The van der Waals surface area contributed by atoms with Crippen molar-refractivity contribution >= 4 is 39.9 Å². The second kappa shape index (κ2) is 8.84. The van der Waals surface area contributed by atoms with Crippen LogP contribution in [-0.4, -0.2) is 51.4 Å². The van der Waals surface area contributed by atoms with Crippen molar-refractivity contribution in [1.29, 1.82) is 0 Å². The zero-order valence-corrected chi connectivity index (χ0v) is 15.2. The summed E-state index contributed by atoms with van der Waals surface area (Å²) in [5, 5.41) is 3.56. The summed E-state index contributed by atoms with van der Waals surface area (Å²) in [6.45, 7) is 4.23. The highest BCUT2D eigenvalue weighted by atomic mass is 35.5. The highest BCUT2D eigenvalue weighted by Gasteiger charge is 2.23. The molecular weight excluding hydrogens is 361 g/mol. The van der Waals surface area contributed by atoms with Crippen LogP contribution in [0.5, 0.6) is 0 Å². The maximum atomic E-state index is 12.1. The number of hydrogen-bond acceptors (Lipinski definition) is 4. The molecule has 1 heterocycles. The number of amides is 1. The van der Waals surface area contributed by atoms with Crippen LogP contribution in [0.25, 0.3) is 0 Å². The Morgan fingerprint density at radius 1 is 1.48 bits per heavy atom. The zero-order chi connectivity index (χ0) is 16.2. The molecule has 0 unspecified atom stereocenters. The molecule has 0 radical (unpaired) electrons. The number of benzene rings is 1. The minimum Gasteiger partial charge on any atom is -0.337 e. The van der Waals surface area contributed by atoms with Crippen molar-refractivity contribution in [2.24, 2.45) is 0 Å². The Kier molecular flexibility index (Phi) is 7.76. The number of nitrogens with one attached hydrogen (secondary N) is 2. The summed E-state index contributed by atoms with van der Waals surface area (Å²) < 4.78 is 26.6. The molecule has 1 saturated heterocycles. The van der Waals surface area contributed by atoms with Crippen LogP contribution in [0.4, 0.5) is 0 Å². The van der Waals surface area contributed by atoms with E-state index >= 15 is 0 Å². The van der Waals surface area contributed by atoms with Crippen LogP contribution < -0.4 is 10.0 Å². The number of sulfonamides is 1. The summed E-state index contributed by atoms with van der Waals surface area (Å²) in [5.41, 5.74) is 0. The van der Waals surface area contributed by atoms with E-state index in [0.717, 1.165) is 13.1 Å². The van der Waals surface area contributed by atoms with Crippen LogP contribution in [-0.2, 0) is 14.8 Å². The van der Waals surface area contributed by atoms with E-state index in [4.69, 9.17) is 11.6 Å². The van der Waals surface area contributed by atoms with Crippen LogP contribution >= 0.6 is 24.0 Å². The van der Waals surface area contributed by atoms with Crippen molar-refractivity contribution in [3.63, 3.8) is 0 Å². The lowest BCUT2D eigenvalue weighted by atomic mass is 10.2. The molecule has 2 rings (SSSR count). The quantitative estimate of drug-likeness (QED) is 0.804. The minimum absolute atomic E-state index is 0. The summed E-state index contributed by atoms with van der Waals surface area (Å²) in [6, 6.07) is 6.16. The molecule has 1 aliphatic heterocycles. The third-order valence-electron chi connectivity index (χ3n) is 3.56. The number of nitrogens with zero attached hydrogens (tertiary/aromatic N) is 1. The Bertz CT molecular complexity index is 640. The van der Waals surface area contributed by atoms with Crippen molar-refractivity contribution in [2.45, 2.75) is 24.3 Å². The molecule has 0 spiro atoms. The fourth-order valence-electron chi connectivity index (χ4n) is 2.36. The lowest BCUT2D eigenvalue weighted by molar-refractivity contribution is -0.133. The first-order chi connectivity index (χ1) is 10.4. The molecule has 1 aromatic carbocycles. The molecule has 9 heteroatoms. The summed E-state index contributed by atoms with van der Waals surface area (Å²) in [7, 11) is -3.64. The average molecular weight is 382 g/mol. The number of piperazine rings is 1. The van der Waals surface area contributed by atoms with E-state index in [2.05, 4.69) is 10.0 Å². The molecule has 6 nitrogen and oxygen atoms in total. The van der Waals surface area contributed by atoms with Crippen molar-refractivity contribution in [3.05, 3.63) is 29.3 Å². The van der Waals surface area contributed by atoms with Gasteiger partial charge in [-0.3, -0.25) is 4.79 Å². The van der Waals surface area contributed by atoms with E-state index in [1.807, 2.05) is 6.92 Å². The van der Waals surface area contributed by atoms with Crippen molar-refractivity contribution in [1.82, 2.24) is 14.9 Å². The van der Waals surface area contributed by atoms with Crippen molar-refractivity contribution < 1.29 is 13.2 Å². The van der Waals surface area contributed by atoms with E-state index in [-0.39, 0.29) is 42.2 Å². The van der Waals surface area contributed by atoms with Gasteiger partial charge in [0.15, 0.2) is 0 Å². The van der Waals surface area contributed by atoms with Crippen LogP contribution in [0.2, 0.25) is 5.02 Å². The molecular formula is C14H21Cl2N3O3S. The Balaban J connectivity index is 0.00000264. The number of carbonyl (C=O) groups is 1. The van der Waals surface area contributed by atoms with Gasteiger partial charge in [0.05, 0.1) is 4.90 Å². The lowest BCUT2D eigenvalue weighted by Gasteiger charge is -2.34. The monoisotopic (exact) mass is 381 g/mol. The first-order valence-corrected chi connectivity index (χ1v) is 9.02. The number of carbonyl (C=O) groups excluding carboxylic acids is 1. The van der Waals surface area contributed by atoms with Gasteiger partial charge in [0.1, 0.15) is 0 Å². The molecule has 1 aromatic rings. The molecule has 0 aliphatic carbocycles. The molecule has 1 amide bonds. The number of hydrogen-bond donors (Lipinski definition) is 2. The van der Waals surface area contributed by atoms with E-state index in [1.54, 1.807) is 17.0 Å². The summed E-state index contributed by atoms with van der Waals surface area (Å²) >= 11 is 5.79. The van der Waals surface area contributed by atoms with E-state index in [0.29, 0.717) is 11.6 Å². The summed E-state index contributed by atoms with van der Waals surface area (Å²) in [4.78, 5) is 14.0. The lowest BCUT2D eigenvalue weighted by Crippen LogP contribution is -2.52. The Hall–Kier alpha value is -0.860. The standard InChI is InChI=1S/C14H20ClN3O3S.ClH/c1-11-10-16-7-8-18(11)14(19)5-6-17-22(20,21)13-4-2-3-12(15)9-13;/h2-4,9,11,16-17H,5-8,10H2,1H3;1H/t11-;/m0./s1. The van der Waals surface area contributed by atoms with Gasteiger partial charge in [-0.2, -0.15) is 0 Å². The summed E-state index contributed by atoms with van der Waals surface area (Å²) in [5.74, 6) is -0.0391. The van der Waals surface area contributed by atoms with Gasteiger partial charge in [-0.1, -0.05) is 17.7 Å². The molecule has 0 aromatic heterocycles. The molecule has 0 bridgehead atoms. The van der Waals surface area contributed by atoms with Crippen molar-refractivity contribution in [2.75, 3.05) is 26.2 Å². The Morgan fingerprint density at radius 3 is 2.87 bits per heavy atom. The molecule has 0 saturated carbocycles. The zero-order valence-electron chi connectivity index (χ0n) is 12.8.